The highest BCUT2D eigenvalue weighted by Crippen LogP contribution is 2.20. The number of ether oxygens (including phenoxy) is 2. The van der Waals surface area contributed by atoms with Crippen molar-refractivity contribution in [2.45, 2.75) is 6.54 Å². The van der Waals surface area contributed by atoms with Gasteiger partial charge in [0.25, 0.3) is 0 Å². The van der Waals surface area contributed by atoms with Crippen LogP contribution >= 0.6 is 22.6 Å². The van der Waals surface area contributed by atoms with E-state index in [0.29, 0.717) is 17.9 Å². The fourth-order valence-electron chi connectivity index (χ4n) is 1.76. The molecule has 0 aliphatic rings. The van der Waals surface area contributed by atoms with E-state index >= 15 is 0 Å². The molecular weight excluding hydrogens is 371 g/mol. The number of halogens is 1. The Bertz CT molecular complexity index is 610. The number of rotatable bonds is 5. The van der Waals surface area contributed by atoms with Crippen LogP contribution in [-0.4, -0.2) is 24.3 Å². The van der Waals surface area contributed by atoms with Crippen LogP contribution in [-0.2, 0) is 18.3 Å². The second kappa shape index (κ2) is 6.74. The number of benzene rings is 1. The van der Waals surface area contributed by atoms with E-state index < -0.39 is 0 Å². The zero-order chi connectivity index (χ0) is 14.5. The fourth-order valence-corrected chi connectivity index (χ4v) is 2.32. The van der Waals surface area contributed by atoms with Crippen molar-refractivity contribution < 1.29 is 18.8 Å². The molecule has 0 saturated carbocycles. The smallest absolute Gasteiger partial charge is 0.339 e. The van der Waals surface area contributed by atoms with Gasteiger partial charge in [-0.1, -0.05) is 0 Å². The van der Waals surface area contributed by atoms with Crippen LogP contribution in [0.2, 0.25) is 0 Å². The second-order valence-corrected chi connectivity index (χ2v) is 5.46. The van der Waals surface area contributed by atoms with Crippen LogP contribution in [0.3, 0.4) is 0 Å². The van der Waals surface area contributed by atoms with Crippen LogP contribution in [0.4, 0.5) is 0 Å². The molecule has 0 fully saturated rings. The molecule has 5 nitrogen and oxygen atoms in total. The molecule has 0 aliphatic heterocycles. The molecule has 0 atom stereocenters. The largest absolute Gasteiger partial charge is 0.489 e. The summed E-state index contributed by atoms with van der Waals surface area (Å²) in [5, 5.41) is 0. The molecule has 2 rings (SSSR count). The van der Waals surface area contributed by atoms with E-state index in [2.05, 4.69) is 22.6 Å². The van der Waals surface area contributed by atoms with Gasteiger partial charge in [-0.25, -0.2) is 13.9 Å². The van der Waals surface area contributed by atoms with E-state index in [-0.39, 0.29) is 5.97 Å². The lowest BCUT2D eigenvalue weighted by molar-refractivity contribution is -0.671. The standard InChI is InChI=1S/C14H16IN2O3/c1-16-5-6-17(10-16)7-8-20-11-3-4-13(15)12(9-11)14(18)19-2/h3-6,9-10H,7-8H2,1-2H3/q+1. The summed E-state index contributed by atoms with van der Waals surface area (Å²) < 4.78 is 15.3. The normalized spacial score (nSPS) is 10.3. The molecule has 0 saturated heterocycles. The maximum atomic E-state index is 11.6. The van der Waals surface area contributed by atoms with Gasteiger partial charge in [0.15, 0.2) is 0 Å². The van der Waals surface area contributed by atoms with Crippen LogP contribution < -0.4 is 9.30 Å². The molecule has 1 aromatic heterocycles. The van der Waals surface area contributed by atoms with Crippen molar-refractivity contribution in [3.05, 3.63) is 46.1 Å². The Hall–Kier alpha value is -1.57. The van der Waals surface area contributed by atoms with Crippen molar-refractivity contribution in [2.24, 2.45) is 7.05 Å². The van der Waals surface area contributed by atoms with Gasteiger partial charge in [0.2, 0.25) is 6.33 Å². The molecule has 0 radical (unpaired) electrons. The van der Waals surface area contributed by atoms with Gasteiger partial charge >= 0.3 is 5.97 Å². The van der Waals surface area contributed by atoms with Crippen LogP contribution in [0.1, 0.15) is 10.4 Å². The van der Waals surface area contributed by atoms with Crippen molar-refractivity contribution in [3.63, 3.8) is 0 Å². The molecule has 0 aliphatic carbocycles. The van der Waals surface area contributed by atoms with Gasteiger partial charge in [-0.15, -0.1) is 0 Å². The van der Waals surface area contributed by atoms with Crippen LogP contribution in [0.15, 0.2) is 36.9 Å². The molecule has 0 N–H and O–H groups in total. The van der Waals surface area contributed by atoms with Crippen molar-refractivity contribution >= 4 is 28.6 Å². The lowest BCUT2D eigenvalue weighted by Gasteiger charge is -2.08. The number of esters is 1. The summed E-state index contributed by atoms with van der Waals surface area (Å²) in [6, 6.07) is 5.41. The third-order valence-electron chi connectivity index (χ3n) is 2.79. The zero-order valence-electron chi connectivity index (χ0n) is 11.4. The minimum atomic E-state index is -0.350. The first-order chi connectivity index (χ1) is 9.60. The quantitative estimate of drug-likeness (QED) is 0.447. The summed E-state index contributed by atoms with van der Waals surface area (Å²) >= 11 is 2.10. The lowest BCUT2D eigenvalue weighted by Crippen LogP contribution is -2.24. The molecule has 0 amide bonds. The number of carbonyl (C=O) groups is 1. The van der Waals surface area contributed by atoms with E-state index in [1.165, 1.54) is 7.11 Å². The number of methoxy groups -OCH3 is 1. The lowest BCUT2D eigenvalue weighted by atomic mass is 10.2. The van der Waals surface area contributed by atoms with Gasteiger partial charge in [0, 0.05) is 3.57 Å². The Morgan fingerprint density at radius 1 is 1.45 bits per heavy atom. The number of carbonyl (C=O) groups excluding carboxylic acids is 1. The molecule has 2 aromatic rings. The van der Waals surface area contributed by atoms with Crippen molar-refractivity contribution in [2.75, 3.05) is 13.7 Å². The summed E-state index contributed by atoms with van der Waals surface area (Å²) in [5.74, 6) is 0.319. The predicted octanol–water partition coefficient (Wildman–Crippen LogP) is 1.78. The first-order valence-corrected chi connectivity index (χ1v) is 7.19. The Morgan fingerprint density at radius 2 is 2.25 bits per heavy atom. The molecule has 1 heterocycles. The first kappa shape index (κ1) is 14.8. The highest BCUT2D eigenvalue weighted by molar-refractivity contribution is 14.1. The maximum absolute atomic E-state index is 11.6. The maximum Gasteiger partial charge on any atom is 0.339 e. The van der Waals surface area contributed by atoms with Crippen LogP contribution in [0, 0.1) is 3.57 Å². The zero-order valence-corrected chi connectivity index (χ0v) is 13.5. The van der Waals surface area contributed by atoms with Gasteiger partial charge in [-0.05, 0) is 40.8 Å². The third-order valence-corrected chi connectivity index (χ3v) is 3.73. The minimum absolute atomic E-state index is 0.350. The van der Waals surface area contributed by atoms with Gasteiger partial charge in [-0.3, -0.25) is 0 Å². The summed E-state index contributed by atoms with van der Waals surface area (Å²) in [4.78, 5) is 11.6. The molecule has 0 unspecified atom stereocenters. The highest BCUT2D eigenvalue weighted by atomic mass is 127. The number of hydrogen-bond donors (Lipinski definition) is 0. The molecule has 20 heavy (non-hydrogen) atoms. The summed E-state index contributed by atoms with van der Waals surface area (Å²) in [7, 11) is 3.34. The van der Waals surface area contributed by atoms with Gasteiger partial charge in [-0.2, -0.15) is 0 Å². The van der Waals surface area contributed by atoms with E-state index in [0.717, 1.165) is 10.1 Å². The van der Waals surface area contributed by atoms with Crippen LogP contribution in [0.25, 0.3) is 0 Å². The first-order valence-electron chi connectivity index (χ1n) is 6.12. The second-order valence-electron chi connectivity index (χ2n) is 4.30. The molecule has 0 spiro atoms. The van der Waals surface area contributed by atoms with Gasteiger partial charge in [0.1, 0.15) is 31.3 Å². The number of imidazole rings is 1. The monoisotopic (exact) mass is 387 g/mol. The molecule has 1 aromatic carbocycles. The molecular formula is C14H16IN2O3+. The molecule has 106 valence electrons. The van der Waals surface area contributed by atoms with Crippen molar-refractivity contribution in [1.29, 1.82) is 0 Å². The fraction of sp³-hybridized carbons (Fsp3) is 0.286. The third kappa shape index (κ3) is 3.72. The van der Waals surface area contributed by atoms with Gasteiger partial charge in [0.05, 0.1) is 19.7 Å². The van der Waals surface area contributed by atoms with Crippen molar-refractivity contribution in [3.8, 4) is 5.75 Å². The number of nitrogens with zero attached hydrogens (tertiary/aromatic N) is 2. The van der Waals surface area contributed by atoms with E-state index in [4.69, 9.17) is 9.47 Å². The molecule has 0 bridgehead atoms. The SMILES string of the molecule is COC(=O)c1cc(OCCn2cc[n+](C)c2)ccc1I. The Morgan fingerprint density at radius 3 is 2.90 bits per heavy atom. The number of hydrogen-bond acceptors (Lipinski definition) is 3. The summed E-state index contributed by atoms with van der Waals surface area (Å²) in [6.07, 6.45) is 5.94. The summed E-state index contributed by atoms with van der Waals surface area (Å²) in [6.45, 7) is 1.29. The van der Waals surface area contributed by atoms with E-state index in [1.54, 1.807) is 6.07 Å². The van der Waals surface area contributed by atoms with E-state index in [9.17, 15) is 4.79 Å². The average molecular weight is 387 g/mol. The molecule has 6 heteroatoms. The topological polar surface area (TPSA) is 44.3 Å². The summed E-state index contributed by atoms with van der Waals surface area (Å²) in [5.41, 5.74) is 0.526. The van der Waals surface area contributed by atoms with Crippen LogP contribution in [0.5, 0.6) is 5.75 Å². The Balaban J connectivity index is 1.97. The van der Waals surface area contributed by atoms with Crippen molar-refractivity contribution in [1.82, 2.24) is 4.57 Å². The van der Waals surface area contributed by atoms with Gasteiger partial charge < -0.3 is 9.47 Å². The predicted molar refractivity (Wildman–Crippen MR) is 81.6 cm³/mol. The average Bonchev–Trinajstić information content (AvgIpc) is 2.85. The minimum Gasteiger partial charge on any atom is -0.489 e. The number of aryl methyl sites for hydroxylation is 1. The Kier molecular flexibility index (Phi) is 4.99. The highest BCUT2D eigenvalue weighted by Gasteiger charge is 2.11. The van der Waals surface area contributed by atoms with E-state index in [1.807, 2.05) is 47.0 Å². The Labute approximate surface area is 131 Å². The number of aromatic nitrogens is 2.